The van der Waals surface area contributed by atoms with Crippen LogP contribution >= 0.6 is 0 Å². The second-order valence-electron chi connectivity index (χ2n) is 3.89. The second kappa shape index (κ2) is 5.35. The first-order chi connectivity index (χ1) is 9.81. The third-order valence-corrected chi connectivity index (χ3v) is 2.53. The maximum atomic E-state index is 12.0. The van der Waals surface area contributed by atoms with Gasteiger partial charge >= 0.3 is 12.3 Å². The standard InChI is InChI=1S/C12H10F3N3O3/c1-20-11(19)9-6-17-18(10(9)16)7-2-4-8(5-3-7)21-12(13,14)15/h2-6H,16H2,1H3. The summed E-state index contributed by atoms with van der Waals surface area (Å²) >= 11 is 0. The van der Waals surface area contributed by atoms with Gasteiger partial charge in [-0.3, -0.25) is 0 Å². The summed E-state index contributed by atoms with van der Waals surface area (Å²) in [7, 11) is 1.20. The van der Waals surface area contributed by atoms with E-state index in [4.69, 9.17) is 5.73 Å². The first-order valence-corrected chi connectivity index (χ1v) is 5.60. The van der Waals surface area contributed by atoms with Crippen LogP contribution in [-0.4, -0.2) is 29.2 Å². The number of rotatable bonds is 3. The number of hydrogen-bond donors (Lipinski definition) is 1. The van der Waals surface area contributed by atoms with Gasteiger partial charge in [0.15, 0.2) is 0 Å². The molecule has 2 rings (SSSR count). The van der Waals surface area contributed by atoms with Gasteiger partial charge in [0.25, 0.3) is 0 Å². The van der Waals surface area contributed by atoms with Crippen molar-refractivity contribution in [1.82, 2.24) is 9.78 Å². The molecule has 0 aliphatic heterocycles. The predicted octanol–water partition coefficient (Wildman–Crippen LogP) is 2.14. The van der Waals surface area contributed by atoms with E-state index >= 15 is 0 Å². The second-order valence-corrected chi connectivity index (χ2v) is 3.89. The van der Waals surface area contributed by atoms with Crippen LogP contribution in [0.4, 0.5) is 19.0 Å². The summed E-state index contributed by atoms with van der Waals surface area (Å²) in [5, 5.41) is 3.89. The molecule has 1 heterocycles. The Balaban J connectivity index is 2.27. The third-order valence-electron chi connectivity index (χ3n) is 2.53. The Morgan fingerprint density at radius 2 is 1.90 bits per heavy atom. The summed E-state index contributed by atoms with van der Waals surface area (Å²) in [5.41, 5.74) is 6.18. The summed E-state index contributed by atoms with van der Waals surface area (Å²) in [5.74, 6) is -1.01. The molecule has 0 saturated carbocycles. The molecule has 2 aromatic rings. The molecule has 2 N–H and O–H groups in total. The number of alkyl halides is 3. The molecule has 0 fully saturated rings. The number of nitrogens with two attached hydrogens (primary N) is 1. The molecular formula is C12H10F3N3O3. The number of halogens is 3. The number of benzene rings is 1. The van der Waals surface area contributed by atoms with E-state index in [9.17, 15) is 18.0 Å². The lowest BCUT2D eigenvalue weighted by Crippen LogP contribution is -2.17. The first-order valence-electron chi connectivity index (χ1n) is 5.60. The summed E-state index contributed by atoms with van der Waals surface area (Å²) in [6.07, 6.45) is -3.55. The molecule has 0 aliphatic carbocycles. The number of hydrogen-bond acceptors (Lipinski definition) is 5. The minimum atomic E-state index is -4.76. The van der Waals surface area contributed by atoms with Crippen LogP contribution in [0.25, 0.3) is 5.69 Å². The number of nitrogens with zero attached hydrogens (tertiary/aromatic N) is 2. The lowest BCUT2D eigenvalue weighted by molar-refractivity contribution is -0.274. The highest BCUT2D eigenvalue weighted by Gasteiger charge is 2.31. The fourth-order valence-electron chi connectivity index (χ4n) is 1.62. The monoisotopic (exact) mass is 301 g/mol. The summed E-state index contributed by atoms with van der Waals surface area (Å²) < 4.78 is 45.6. The molecule has 112 valence electrons. The normalized spacial score (nSPS) is 11.2. The van der Waals surface area contributed by atoms with Gasteiger partial charge in [0.05, 0.1) is 19.0 Å². The van der Waals surface area contributed by atoms with Gasteiger partial charge in [-0.25, -0.2) is 9.48 Å². The van der Waals surface area contributed by atoms with E-state index in [-0.39, 0.29) is 17.1 Å². The SMILES string of the molecule is COC(=O)c1cnn(-c2ccc(OC(F)(F)F)cc2)c1N. The highest BCUT2D eigenvalue weighted by atomic mass is 19.4. The fourth-order valence-corrected chi connectivity index (χ4v) is 1.62. The van der Waals surface area contributed by atoms with Crippen molar-refractivity contribution in [3.63, 3.8) is 0 Å². The van der Waals surface area contributed by atoms with Crippen molar-refractivity contribution in [2.45, 2.75) is 6.36 Å². The van der Waals surface area contributed by atoms with E-state index < -0.39 is 12.3 Å². The zero-order valence-corrected chi connectivity index (χ0v) is 10.7. The Morgan fingerprint density at radius 1 is 1.29 bits per heavy atom. The molecule has 0 radical (unpaired) electrons. The Labute approximate surface area is 116 Å². The first kappa shape index (κ1) is 14.7. The fraction of sp³-hybridized carbons (Fsp3) is 0.167. The number of nitrogen functional groups attached to an aromatic ring is 1. The van der Waals surface area contributed by atoms with Crippen LogP contribution in [0.5, 0.6) is 5.75 Å². The number of carbonyl (C=O) groups is 1. The van der Waals surface area contributed by atoms with Crippen molar-refractivity contribution in [3.8, 4) is 11.4 Å². The van der Waals surface area contributed by atoms with Crippen molar-refractivity contribution < 1.29 is 27.4 Å². The molecular weight excluding hydrogens is 291 g/mol. The smallest absolute Gasteiger partial charge is 0.465 e. The molecule has 0 atom stereocenters. The van der Waals surface area contributed by atoms with Crippen LogP contribution in [0.3, 0.4) is 0 Å². The van der Waals surface area contributed by atoms with Crippen molar-refractivity contribution in [1.29, 1.82) is 0 Å². The average molecular weight is 301 g/mol. The van der Waals surface area contributed by atoms with Crippen LogP contribution in [0.2, 0.25) is 0 Å². The van der Waals surface area contributed by atoms with Crippen molar-refractivity contribution in [2.75, 3.05) is 12.8 Å². The molecule has 0 bridgehead atoms. The maximum absolute atomic E-state index is 12.0. The molecule has 0 unspecified atom stereocenters. The molecule has 0 saturated heterocycles. The highest BCUT2D eigenvalue weighted by molar-refractivity contribution is 5.94. The number of esters is 1. The Kier molecular flexibility index (Phi) is 3.74. The summed E-state index contributed by atoms with van der Waals surface area (Å²) in [6, 6.07) is 4.88. The summed E-state index contributed by atoms with van der Waals surface area (Å²) in [4.78, 5) is 11.4. The molecule has 0 spiro atoms. The van der Waals surface area contributed by atoms with Gasteiger partial charge in [-0.15, -0.1) is 13.2 Å². The third kappa shape index (κ3) is 3.25. The van der Waals surface area contributed by atoms with Gasteiger partial charge in [0, 0.05) is 0 Å². The van der Waals surface area contributed by atoms with Crippen LogP contribution in [0.1, 0.15) is 10.4 Å². The number of anilines is 1. The zero-order valence-electron chi connectivity index (χ0n) is 10.7. The van der Waals surface area contributed by atoms with Crippen molar-refractivity contribution in [2.24, 2.45) is 0 Å². The van der Waals surface area contributed by atoms with Crippen LogP contribution in [0, 0.1) is 0 Å². The van der Waals surface area contributed by atoms with Gasteiger partial charge in [0.1, 0.15) is 17.1 Å². The van der Waals surface area contributed by atoms with Crippen molar-refractivity contribution in [3.05, 3.63) is 36.0 Å². The molecule has 0 aliphatic rings. The van der Waals surface area contributed by atoms with Gasteiger partial charge in [-0.05, 0) is 24.3 Å². The molecule has 6 nitrogen and oxygen atoms in total. The van der Waals surface area contributed by atoms with E-state index in [0.717, 1.165) is 12.1 Å². The predicted molar refractivity (Wildman–Crippen MR) is 66.0 cm³/mol. The minimum Gasteiger partial charge on any atom is -0.465 e. The van der Waals surface area contributed by atoms with Crippen LogP contribution in [0.15, 0.2) is 30.5 Å². The Bertz CT molecular complexity index is 650. The maximum Gasteiger partial charge on any atom is 0.573 e. The van der Waals surface area contributed by atoms with E-state index in [2.05, 4.69) is 14.6 Å². The minimum absolute atomic E-state index is 0.0198. The summed E-state index contributed by atoms with van der Waals surface area (Å²) in [6.45, 7) is 0. The largest absolute Gasteiger partial charge is 0.573 e. The number of aromatic nitrogens is 2. The van der Waals surface area contributed by atoms with E-state index in [1.807, 2.05) is 0 Å². The molecule has 21 heavy (non-hydrogen) atoms. The Hall–Kier alpha value is -2.71. The highest BCUT2D eigenvalue weighted by Crippen LogP contribution is 2.25. The van der Waals surface area contributed by atoms with E-state index in [1.165, 1.54) is 30.1 Å². The van der Waals surface area contributed by atoms with Crippen molar-refractivity contribution >= 4 is 11.8 Å². The van der Waals surface area contributed by atoms with Gasteiger partial charge < -0.3 is 15.2 Å². The number of methoxy groups -OCH3 is 1. The zero-order chi connectivity index (χ0) is 15.6. The molecule has 0 amide bonds. The van der Waals surface area contributed by atoms with Gasteiger partial charge in [-0.2, -0.15) is 5.10 Å². The molecule has 1 aromatic heterocycles. The quantitative estimate of drug-likeness (QED) is 0.879. The lowest BCUT2D eigenvalue weighted by atomic mass is 10.3. The van der Waals surface area contributed by atoms with Gasteiger partial charge in [-0.1, -0.05) is 0 Å². The van der Waals surface area contributed by atoms with Crippen LogP contribution in [-0.2, 0) is 4.74 Å². The topological polar surface area (TPSA) is 79.4 Å². The van der Waals surface area contributed by atoms with Crippen LogP contribution < -0.4 is 10.5 Å². The number of ether oxygens (including phenoxy) is 2. The molecule has 9 heteroatoms. The Morgan fingerprint density at radius 3 is 2.43 bits per heavy atom. The number of carbonyl (C=O) groups excluding carboxylic acids is 1. The average Bonchev–Trinajstić information content (AvgIpc) is 2.79. The van der Waals surface area contributed by atoms with E-state index in [0.29, 0.717) is 5.69 Å². The van der Waals surface area contributed by atoms with Gasteiger partial charge in [0.2, 0.25) is 0 Å². The lowest BCUT2D eigenvalue weighted by Gasteiger charge is -2.10. The molecule has 1 aromatic carbocycles. The van der Waals surface area contributed by atoms with E-state index in [1.54, 1.807) is 0 Å².